The number of rotatable bonds is 1. The molecule has 0 aromatic rings. The van der Waals surface area contributed by atoms with Gasteiger partial charge in [-0.25, -0.2) is 17.6 Å². The molecule has 0 aliphatic heterocycles. The van der Waals surface area contributed by atoms with Crippen LogP contribution in [0, 0.1) is 5.92 Å². The fraction of sp³-hybridized carbons (Fsp3) is 0.846. The Morgan fingerprint density at radius 1 is 0.941 bits per heavy atom. The van der Waals surface area contributed by atoms with E-state index in [1.807, 2.05) is 0 Å². The number of alkyl halides is 4. The van der Waals surface area contributed by atoms with Crippen LogP contribution in [0.2, 0.25) is 0 Å². The summed E-state index contributed by atoms with van der Waals surface area (Å²) in [5.74, 6) is -5.01. The van der Waals surface area contributed by atoms with Gasteiger partial charge >= 0.3 is 0 Å². The molecule has 0 atom stereocenters. The molecule has 0 aromatic heterocycles. The minimum atomic E-state index is -2.59. The van der Waals surface area contributed by atoms with Gasteiger partial charge in [-0.05, 0) is 32.1 Å². The zero-order valence-corrected chi connectivity index (χ0v) is 10.0. The van der Waals surface area contributed by atoms with Gasteiger partial charge in [0.2, 0.25) is 5.92 Å². The molecule has 0 bridgehead atoms. The van der Waals surface area contributed by atoms with Crippen molar-refractivity contribution in [2.45, 2.75) is 63.7 Å². The van der Waals surface area contributed by atoms with Crippen LogP contribution in [-0.2, 0) is 0 Å². The maximum Gasteiger partial charge on any atom is 0.252 e. The summed E-state index contributed by atoms with van der Waals surface area (Å²) in [6.45, 7) is 1.73. The minimum Gasteiger partial charge on any atom is -0.207 e. The molecule has 2 rings (SSSR count). The van der Waals surface area contributed by atoms with E-state index in [2.05, 4.69) is 0 Å². The zero-order chi connectivity index (χ0) is 12.7. The molecule has 98 valence electrons. The Morgan fingerprint density at radius 3 is 2.06 bits per heavy atom. The molecule has 1 saturated carbocycles. The van der Waals surface area contributed by atoms with Crippen molar-refractivity contribution in [3.63, 3.8) is 0 Å². The molecular formula is C13H18F4. The van der Waals surface area contributed by atoms with Gasteiger partial charge < -0.3 is 0 Å². The summed E-state index contributed by atoms with van der Waals surface area (Å²) in [5.41, 5.74) is 1.77. The molecule has 0 nitrogen and oxygen atoms in total. The molecule has 0 radical (unpaired) electrons. The van der Waals surface area contributed by atoms with Crippen molar-refractivity contribution in [2.24, 2.45) is 5.92 Å². The zero-order valence-electron chi connectivity index (χ0n) is 10.0. The molecule has 2 aliphatic rings. The second kappa shape index (κ2) is 4.29. The molecule has 2 aliphatic carbocycles. The van der Waals surface area contributed by atoms with Crippen molar-refractivity contribution in [1.82, 2.24) is 0 Å². The van der Waals surface area contributed by atoms with E-state index in [0.29, 0.717) is 19.3 Å². The van der Waals surface area contributed by atoms with Crippen molar-refractivity contribution in [1.29, 1.82) is 0 Å². The molecule has 0 N–H and O–H groups in total. The summed E-state index contributed by atoms with van der Waals surface area (Å²) in [6.07, 6.45) is 0.795. The summed E-state index contributed by atoms with van der Waals surface area (Å²) in [4.78, 5) is 0. The first kappa shape index (κ1) is 12.9. The van der Waals surface area contributed by atoms with Crippen LogP contribution in [0.4, 0.5) is 17.6 Å². The monoisotopic (exact) mass is 250 g/mol. The van der Waals surface area contributed by atoms with E-state index < -0.39 is 11.8 Å². The number of hydrogen-bond donors (Lipinski definition) is 0. The third kappa shape index (κ3) is 3.02. The molecule has 1 fully saturated rings. The van der Waals surface area contributed by atoms with E-state index >= 15 is 0 Å². The van der Waals surface area contributed by atoms with Crippen molar-refractivity contribution in [3.8, 4) is 0 Å². The Bertz CT molecular complexity index is 320. The quantitative estimate of drug-likeness (QED) is 0.456. The van der Waals surface area contributed by atoms with Crippen LogP contribution < -0.4 is 0 Å². The summed E-state index contributed by atoms with van der Waals surface area (Å²) in [6, 6.07) is 0. The first-order valence-electron chi connectivity index (χ1n) is 6.23. The highest BCUT2D eigenvalue weighted by Crippen LogP contribution is 2.45. The van der Waals surface area contributed by atoms with Gasteiger partial charge in [0.1, 0.15) is 0 Å². The van der Waals surface area contributed by atoms with E-state index in [0.717, 1.165) is 11.1 Å². The Morgan fingerprint density at radius 2 is 1.53 bits per heavy atom. The lowest BCUT2D eigenvalue weighted by molar-refractivity contribution is -0.0452. The van der Waals surface area contributed by atoms with Gasteiger partial charge in [0.05, 0.1) is 0 Å². The highest BCUT2D eigenvalue weighted by atomic mass is 19.3. The summed E-state index contributed by atoms with van der Waals surface area (Å²) in [5, 5.41) is 0. The van der Waals surface area contributed by atoms with E-state index in [-0.39, 0.29) is 31.6 Å². The Hall–Kier alpha value is -0.540. The second-order valence-corrected chi connectivity index (χ2v) is 5.47. The predicted octanol–water partition coefficient (Wildman–Crippen LogP) is 4.95. The summed E-state index contributed by atoms with van der Waals surface area (Å²) < 4.78 is 52.4. The summed E-state index contributed by atoms with van der Waals surface area (Å²) >= 11 is 0. The Kier molecular flexibility index (Phi) is 3.25. The lowest BCUT2D eigenvalue weighted by Crippen LogP contribution is -2.29. The number of hydrogen-bond acceptors (Lipinski definition) is 0. The normalized spacial score (nSPS) is 29.5. The first-order chi connectivity index (χ1) is 7.79. The largest absolute Gasteiger partial charge is 0.252 e. The lowest BCUT2D eigenvalue weighted by Gasteiger charge is -2.34. The molecule has 0 heterocycles. The van der Waals surface area contributed by atoms with Crippen molar-refractivity contribution < 1.29 is 17.6 Å². The smallest absolute Gasteiger partial charge is 0.207 e. The molecular weight excluding hydrogens is 232 g/mol. The molecule has 0 saturated heterocycles. The van der Waals surface area contributed by atoms with Gasteiger partial charge in [-0.1, -0.05) is 11.1 Å². The maximum atomic E-state index is 13.2. The van der Waals surface area contributed by atoms with Crippen LogP contribution in [-0.4, -0.2) is 11.8 Å². The average molecular weight is 250 g/mol. The molecule has 17 heavy (non-hydrogen) atoms. The maximum absolute atomic E-state index is 13.2. The van der Waals surface area contributed by atoms with E-state index in [4.69, 9.17) is 0 Å². The van der Waals surface area contributed by atoms with Crippen LogP contribution >= 0.6 is 0 Å². The van der Waals surface area contributed by atoms with Gasteiger partial charge in [0, 0.05) is 25.7 Å². The van der Waals surface area contributed by atoms with E-state index in [9.17, 15) is 17.6 Å². The van der Waals surface area contributed by atoms with Crippen LogP contribution in [0.15, 0.2) is 11.1 Å². The third-order valence-electron chi connectivity index (χ3n) is 4.04. The molecule has 0 spiro atoms. The summed E-state index contributed by atoms with van der Waals surface area (Å²) in [7, 11) is 0. The highest BCUT2D eigenvalue weighted by molar-refractivity contribution is 5.21. The van der Waals surface area contributed by atoms with Crippen LogP contribution in [0.25, 0.3) is 0 Å². The van der Waals surface area contributed by atoms with Crippen molar-refractivity contribution in [2.75, 3.05) is 0 Å². The third-order valence-corrected chi connectivity index (χ3v) is 4.04. The van der Waals surface area contributed by atoms with Crippen molar-refractivity contribution >= 4 is 0 Å². The predicted molar refractivity (Wildman–Crippen MR) is 58.4 cm³/mol. The molecule has 0 unspecified atom stereocenters. The topological polar surface area (TPSA) is 0 Å². The van der Waals surface area contributed by atoms with Gasteiger partial charge in [-0.3, -0.25) is 0 Å². The van der Waals surface area contributed by atoms with Gasteiger partial charge in [-0.2, -0.15) is 0 Å². The fourth-order valence-corrected chi connectivity index (χ4v) is 3.06. The fourth-order valence-electron chi connectivity index (χ4n) is 3.06. The Labute approximate surface area is 99.1 Å². The molecule has 4 heteroatoms. The molecule has 0 amide bonds. The van der Waals surface area contributed by atoms with Crippen molar-refractivity contribution in [3.05, 3.63) is 11.1 Å². The number of halogens is 4. The number of allylic oxidation sites excluding steroid dienone is 2. The van der Waals surface area contributed by atoms with Crippen LogP contribution in [0.3, 0.4) is 0 Å². The highest BCUT2D eigenvalue weighted by Gasteiger charge is 2.40. The minimum absolute atomic E-state index is 0.0924. The average Bonchev–Trinajstić information content (AvgIpc) is 2.18. The van der Waals surface area contributed by atoms with Gasteiger partial charge in [-0.15, -0.1) is 0 Å². The molecule has 0 aromatic carbocycles. The van der Waals surface area contributed by atoms with Crippen LogP contribution in [0.5, 0.6) is 0 Å². The Balaban J connectivity index is 2.04. The second-order valence-electron chi connectivity index (χ2n) is 5.47. The van der Waals surface area contributed by atoms with E-state index in [1.54, 1.807) is 6.92 Å². The van der Waals surface area contributed by atoms with Crippen LogP contribution in [0.1, 0.15) is 51.9 Å². The van der Waals surface area contributed by atoms with Gasteiger partial charge in [0.25, 0.3) is 5.92 Å². The van der Waals surface area contributed by atoms with Gasteiger partial charge in [0.15, 0.2) is 0 Å². The first-order valence-corrected chi connectivity index (χ1v) is 6.23. The SMILES string of the molecule is CC1=C(C2CCC(F)(F)CC2)CCC(F)(F)C1. The standard InChI is InChI=1S/C13H18F4/c1-9-8-13(16,17)7-4-11(9)10-2-5-12(14,15)6-3-10/h10H,2-8H2,1H3. The van der Waals surface area contributed by atoms with E-state index in [1.165, 1.54) is 0 Å². The lowest BCUT2D eigenvalue weighted by atomic mass is 9.75.